The van der Waals surface area contributed by atoms with Crippen LogP contribution in [-0.2, 0) is 14.3 Å². The number of thioether (sulfide) groups is 1. The molecule has 0 unspecified atom stereocenters. The molecule has 6 nitrogen and oxygen atoms in total. The molecule has 2 rings (SSSR count). The van der Waals surface area contributed by atoms with Gasteiger partial charge in [-0.25, -0.2) is 14.8 Å². The standard InChI is InChI=1S/C20H25N3O3S/c1-5-13(2)18(19(25)26-4)23-17(24)12-27-20-21-14(3)11-16(22-20)15-9-7-6-8-10-15/h6-11,13,18H,5,12H2,1-4H3,(H,23,24)/t13-,18-/m1/s1. The molecule has 0 radical (unpaired) electrons. The molecule has 0 saturated carbocycles. The molecule has 0 aliphatic carbocycles. The molecule has 0 spiro atoms. The first-order chi connectivity index (χ1) is 12.9. The summed E-state index contributed by atoms with van der Waals surface area (Å²) < 4.78 is 4.79. The van der Waals surface area contributed by atoms with Gasteiger partial charge >= 0.3 is 5.97 Å². The molecule has 1 heterocycles. The third-order valence-corrected chi connectivity index (χ3v) is 5.07. The maximum absolute atomic E-state index is 12.3. The Kier molecular flexibility index (Phi) is 7.79. The van der Waals surface area contributed by atoms with Gasteiger partial charge in [-0.3, -0.25) is 4.79 Å². The van der Waals surface area contributed by atoms with Crippen LogP contribution in [0.25, 0.3) is 11.3 Å². The Hall–Kier alpha value is -2.41. The van der Waals surface area contributed by atoms with Crippen LogP contribution in [0.1, 0.15) is 26.0 Å². The lowest BCUT2D eigenvalue weighted by atomic mass is 9.99. The number of nitrogens with one attached hydrogen (secondary N) is 1. The Balaban J connectivity index is 2.04. The average molecular weight is 388 g/mol. The summed E-state index contributed by atoms with van der Waals surface area (Å²) in [4.78, 5) is 33.1. The quantitative estimate of drug-likeness (QED) is 0.425. The maximum atomic E-state index is 12.3. The van der Waals surface area contributed by atoms with Crippen molar-refractivity contribution in [2.24, 2.45) is 5.92 Å². The Morgan fingerprint density at radius 2 is 1.93 bits per heavy atom. The van der Waals surface area contributed by atoms with Gasteiger partial charge in [-0.2, -0.15) is 0 Å². The van der Waals surface area contributed by atoms with Crippen molar-refractivity contribution in [2.45, 2.75) is 38.4 Å². The number of benzene rings is 1. The number of aryl methyl sites for hydroxylation is 1. The van der Waals surface area contributed by atoms with Crippen LogP contribution >= 0.6 is 11.8 Å². The molecule has 2 atom stereocenters. The van der Waals surface area contributed by atoms with Gasteiger partial charge < -0.3 is 10.1 Å². The smallest absolute Gasteiger partial charge is 0.328 e. The first-order valence-corrected chi connectivity index (χ1v) is 9.84. The predicted molar refractivity (Wildman–Crippen MR) is 106 cm³/mol. The van der Waals surface area contributed by atoms with Gasteiger partial charge in [0.05, 0.1) is 18.6 Å². The lowest BCUT2D eigenvalue weighted by Crippen LogP contribution is -2.46. The average Bonchev–Trinajstić information content (AvgIpc) is 2.69. The van der Waals surface area contributed by atoms with Crippen molar-refractivity contribution in [3.05, 3.63) is 42.1 Å². The lowest BCUT2D eigenvalue weighted by molar-refractivity contribution is -0.146. The molecule has 1 N–H and O–H groups in total. The van der Waals surface area contributed by atoms with E-state index in [0.717, 1.165) is 23.4 Å². The van der Waals surface area contributed by atoms with E-state index in [2.05, 4.69) is 15.3 Å². The Labute approximate surface area is 164 Å². The van der Waals surface area contributed by atoms with Crippen LogP contribution in [0, 0.1) is 12.8 Å². The van der Waals surface area contributed by atoms with E-state index in [1.807, 2.05) is 57.2 Å². The third-order valence-electron chi connectivity index (χ3n) is 4.22. The molecular weight excluding hydrogens is 362 g/mol. The minimum absolute atomic E-state index is 0.00805. The van der Waals surface area contributed by atoms with E-state index in [1.165, 1.54) is 18.9 Å². The largest absolute Gasteiger partial charge is 0.467 e. The van der Waals surface area contributed by atoms with Crippen LogP contribution in [0.3, 0.4) is 0 Å². The molecule has 0 aliphatic heterocycles. The number of nitrogens with zero attached hydrogens (tertiary/aromatic N) is 2. The fourth-order valence-electron chi connectivity index (χ4n) is 2.50. The van der Waals surface area contributed by atoms with Crippen LogP contribution < -0.4 is 5.32 Å². The molecular formula is C20H25N3O3S. The second kappa shape index (κ2) is 10.1. The predicted octanol–water partition coefficient (Wildman–Crippen LogP) is 3.25. The number of hydrogen-bond donors (Lipinski definition) is 1. The fraction of sp³-hybridized carbons (Fsp3) is 0.400. The van der Waals surface area contributed by atoms with Crippen LogP contribution in [0.15, 0.2) is 41.6 Å². The van der Waals surface area contributed by atoms with Crippen molar-refractivity contribution in [1.29, 1.82) is 0 Å². The number of esters is 1. The van der Waals surface area contributed by atoms with E-state index < -0.39 is 12.0 Å². The zero-order chi connectivity index (χ0) is 19.8. The number of methoxy groups -OCH3 is 1. The van der Waals surface area contributed by atoms with Crippen LogP contribution in [0.5, 0.6) is 0 Å². The van der Waals surface area contributed by atoms with E-state index >= 15 is 0 Å². The molecule has 144 valence electrons. The minimum atomic E-state index is -0.647. The highest BCUT2D eigenvalue weighted by Crippen LogP contribution is 2.21. The molecule has 1 aromatic carbocycles. The van der Waals surface area contributed by atoms with Crippen molar-refractivity contribution in [2.75, 3.05) is 12.9 Å². The summed E-state index contributed by atoms with van der Waals surface area (Å²) in [5.41, 5.74) is 2.65. The van der Waals surface area contributed by atoms with Crippen molar-refractivity contribution in [3.8, 4) is 11.3 Å². The molecule has 2 aromatic rings. The summed E-state index contributed by atoms with van der Waals surface area (Å²) in [5.74, 6) is -0.559. The Morgan fingerprint density at radius 3 is 2.56 bits per heavy atom. The minimum Gasteiger partial charge on any atom is -0.467 e. The number of amides is 1. The van der Waals surface area contributed by atoms with Gasteiger partial charge in [0.2, 0.25) is 5.91 Å². The fourth-order valence-corrected chi connectivity index (χ4v) is 3.22. The molecule has 0 saturated heterocycles. The lowest BCUT2D eigenvalue weighted by Gasteiger charge is -2.21. The second-order valence-corrected chi connectivity index (χ2v) is 7.23. The molecule has 0 aliphatic rings. The zero-order valence-corrected chi connectivity index (χ0v) is 16.9. The summed E-state index contributed by atoms with van der Waals surface area (Å²) >= 11 is 1.25. The van der Waals surface area contributed by atoms with Crippen molar-refractivity contribution < 1.29 is 14.3 Å². The van der Waals surface area contributed by atoms with Gasteiger partial charge in [-0.1, -0.05) is 62.4 Å². The molecule has 0 bridgehead atoms. The number of aromatic nitrogens is 2. The second-order valence-electron chi connectivity index (χ2n) is 6.29. The number of carbonyl (C=O) groups excluding carboxylic acids is 2. The van der Waals surface area contributed by atoms with Crippen LogP contribution in [0.4, 0.5) is 0 Å². The number of carbonyl (C=O) groups is 2. The van der Waals surface area contributed by atoms with Crippen molar-refractivity contribution in [3.63, 3.8) is 0 Å². The normalized spacial score (nSPS) is 12.9. The van der Waals surface area contributed by atoms with Gasteiger partial charge in [0.25, 0.3) is 0 Å². The zero-order valence-electron chi connectivity index (χ0n) is 16.1. The van der Waals surface area contributed by atoms with E-state index in [4.69, 9.17) is 4.74 Å². The Morgan fingerprint density at radius 1 is 1.22 bits per heavy atom. The summed E-state index contributed by atoms with van der Waals surface area (Å²) in [6.45, 7) is 5.77. The van der Waals surface area contributed by atoms with E-state index in [-0.39, 0.29) is 17.6 Å². The monoisotopic (exact) mass is 387 g/mol. The number of rotatable bonds is 8. The van der Waals surface area contributed by atoms with Gasteiger partial charge in [-0.15, -0.1) is 0 Å². The first kappa shape index (κ1) is 20.9. The highest BCUT2D eigenvalue weighted by atomic mass is 32.2. The summed E-state index contributed by atoms with van der Waals surface area (Å²) in [6, 6.07) is 11.1. The molecule has 1 amide bonds. The molecule has 1 aromatic heterocycles. The first-order valence-electron chi connectivity index (χ1n) is 8.85. The van der Waals surface area contributed by atoms with Gasteiger partial charge in [-0.05, 0) is 18.9 Å². The number of ether oxygens (including phenoxy) is 1. The summed E-state index contributed by atoms with van der Waals surface area (Å²) in [7, 11) is 1.32. The van der Waals surface area contributed by atoms with E-state index in [0.29, 0.717) is 5.16 Å². The molecule has 0 fully saturated rings. The van der Waals surface area contributed by atoms with E-state index in [9.17, 15) is 9.59 Å². The van der Waals surface area contributed by atoms with E-state index in [1.54, 1.807) is 0 Å². The van der Waals surface area contributed by atoms with Crippen molar-refractivity contribution >= 4 is 23.6 Å². The highest BCUT2D eigenvalue weighted by molar-refractivity contribution is 7.99. The summed E-state index contributed by atoms with van der Waals surface area (Å²) in [5, 5.41) is 3.29. The van der Waals surface area contributed by atoms with Crippen molar-refractivity contribution in [1.82, 2.24) is 15.3 Å². The molecule has 27 heavy (non-hydrogen) atoms. The van der Waals surface area contributed by atoms with Gasteiger partial charge in [0.15, 0.2) is 5.16 Å². The van der Waals surface area contributed by atoms with Gasteiger partial charge in [0.1, 0.15) is 6.04 Å². The summed E-state index contributed by atoms with van der Waals surface area (Å²) in [6.07, 6.45) is 0.759. The highest BCUT2D eigenvalue weighted by Gasteiger charge is 2.26. The number of hydrogen-bond acceptors (Lipinski definition) is 6. The Bertz CT molecular complexity index is 783. The molecule has 7 heteroatoms. The third kappa shape index (κ3) is 6.06. The maximum Gasteiger partial charge on any atom is 0.328 e. The van der Waals surface area contributed by atoms with Crippen LogP contribution in [-0.4, -0.2) is 40.7 Å². The van der Waals surface area contributed by atoms with Crippen LogP contribution in [0.2, 0.25) is 0 Å². The SMILES string of the molecule is CC[C@@H](C)[C@@H](NC(=O)CSc1nc(C)cc(-c2ccccc2)n1)C(=O)OC. The topological polar surface area (TPSA) is 81.2 Å². The van der Waals surface area contributed by atoms with Gasteiger partial charge in [0, 0.05) is 11.3 Å².